The van der Waals surface area contributed by atoms with Gasteiger partial charge in [0.05, 0.1) is 10.6 Å². The molecule has 2 aromatic rings. The van der Waals surface area contributed by atoms with E-state index in [4.69, 9.17) is 11.6 Å². The Bertz CT molecular complexity index is 1190. The molecule has 1 amide bonds. The second kappa shape index (κ2) is 11.8. The number of carbonyl (C=O) groups is 1. The zero-order chi connectivity index (χ0) is 26.5. The molecule has 3 rings (SSSR count). The van der Waals surface area contributed by atoms with Gasteiger partial charge < -0.3 is 15.4 Å². The monoisotopic (exact) mass is 547 g/mol. The lowest BCUT2D eigenvalue weighted by Gasteiger charge is -2.33. The lowest BCUT2D eigenvalue weighted by atomic mass is 10.0. The van der Waals surface area contributed by atoms with Crippen LogP contribution in [0.25, 0.3) is 0 Å². The Morgan fingerprint density at radius 1 is 1.19 bits per heavy atom. The van der Waals surface area contributed by atoms with Crippen LogP contribution in [-0.4, -0.2) is 57.5 Å². The third-order valence-electron chi connectivity index (χ3n) is 6.04. The molecule has 1 heterocycles. The fourth-order valence-corrected chi connectivity index (χ4v) is 5.46. The van der Waals surface area contributed by atoms with Gasteiger partial charge in [0.1, 0.15) is 5.75 Å². The molecule has 1 atom stereocenters. The van der Waals surface area contributed by atoms with Gasteiger partial charge in [0, 0.05) is 41.8 Å². The summed E-state index contributed by atoms with van der Waals surface area (Å²) in [6.45, 7) is 3.00. The highest BCUT2D eigenvalue weighted by atomic mass is 35.5. The molecule has 0 unspecified atom stereocenters. The number of likely N-dealkylation sites (N-methyl/N-ethyl adjacent to an activating group) is 1. The smallest absolute Gasteiger partial charge is 0.405 e. The third-order valence-corrected chi connectivity index (χ3v) is 8.10. The Balaban J connectivity index is 1.81. The van der Waals surface area contributed by atoms with E-state index in [1.54, 1.807) is 0 Å². The molecule has 1 aliphatic rings. The van der Waals surface area contributed by atoms with E-state index in [9.17, 15) is 26.4 Å². The highest BCUT2D eigenvalue weighted by Crippen LogP contribution is 2.30. The van der Waals surface area contributed by atoms with Crippen LogP contribution in [-0.2, 0) is 22.9 Å². The first-order valence-electron chi connectivity index (χ1n) is 11.5. The van der Waals surface area contributed by atoms with Crippen LogP contribution in [0.3, 0.4) is 0 Å². The Kier molecular flexibility index (Phi) is 9.26. The first kappa shape index (κ1) is 28.2. The molecule has 1 fully saturated rings. The summed E-state index contributed by atoms with van der Waals surface area (Å²) in [5.74, 6) is -1.26. The van der Waals surface area contributed by atoms with Crippen LogP contribution < -0.4 is 15.4 Å². The normalized spacial score (nSPS) is 17.1. The number of alkyl halides is 3. The van der Waals surface area contributed by atoms with Crippen LogP contribution in [0, 0.1) is 0 Å². The second-order valence-electron chi connectivity index (χ2n) is 8.57. The van der Waals surface area contributed by atoms with E-state index in [1.807, 2.05) is 11.9 Å². The van der Waals surface area contributed by atoms with Gasteiger partial charge in [-0.3, -0.25) is 9.69 Å². The standard InChI is InChI=1S/C24H29ClF3N3O4S/c1-3-36(33,34)22-9-8-19(25)11-18(22)13-30-23(32)16-6-7-17(21(12-16)35-24(26,27)28)14-31-10-4-5-20(15-31)29-2/h6-9,11-12,20,29H,3-5,10,13-15H2,1-2H3,(H,30,32)/t20-/m0/s1. The number of halogens is 4. The minimum absolute atomic E-state index is 0.0348. The van der Waals surface area contributed by atoms with Gasteiger partial charge in [0.15, 0.2) is 9.84 Å². The van der Waals surface area contributed by atoms with E-state index in [0.29, 0.717) is 12.1 Å². The Labute approximate surface area is 213 Å². The number of piperidine rings is 1. The Hall–Kier alpha value is -2.34. The van der Waals surface area contributed by atoms with Crippen LogP contribution in [0.4, 0.5) is 13.2 Å². The summed E-state index contributed by atoms with van der Waals surface area (Å²) < 4.78 is 68.4. The maximum atomic E-state index is 13.1. The average Bonchev–Trinajstić information content (AvgIpc) is 2.82. The number of hydrogen-bond acceptors (Lipinski definition) is 6. The van der Waals surface area contributed by atoms with Gasteiger partial charge in [-0.05, 0) is 62.3 Å². The molecule has 0 radical (unpaired) electrons. The first-order chi connectivity index (χ1) is 16.9. The molecule has 2 N–H and O–H groups in total. The van der Waals surface area contributed by atoms with E-state index < -0.39 is 27.9 Å². The number of nitrogens with one attached hydrogen (secondary N) is 2. The highest BCUT2D eigenvalue weighted by Gasteiger charge is 2.33. The van der Waals surface area contributed by atoms with Crippen molar-refractivity contribution in [2.24, 2.45) is 0 Å². The molecular formula is C24H29ClF3N3O4S. The summed E-state index contributed by atoms with van der Waals surface area (Å²) in [6, 6.07) is 8.42. The number of sulfone groups is 1. The predicted molar refractivity (Wildman–Crippen MR) is 131 cm³/mol. The minimum Gasteiger partial charge on any atom is -0.405 e. The molecule has 12 heteroatoms. The van der Waals surface area contributed by atoms with E-state index in [1.165, 1.54) is 37.3 Å². The molecule has 0 spiro atoms. The van der Waals surface area contributed by atoms with E-state index in [-0.39, 0.29) is 45.9 Å². The summed E-state index contributed by atoms with van der Waals surface area (Å²) in [5.41, 5.74) is 0.545. The van der Waals surface area contributed by atoms with Gasteiger partial charge >= 0.3 is 6.36 Å². The molecule has 198 valence electrons. The second-order valence-corrected chi connectivity index (χ2v) is 11.3. The zero-order valence-electron chi connectivity index (χ0n) is 20.0. The van der Waals surface area contributed by atoms with Crippen LogP contribution >= 0.6 is 11.6 Å². The van der Waals surface area contributed by atoms with Gasteiger partial charge in [-0.25, -0.2) is 8.42 Å². The van der Waals surface area contributed by atoms with Crippen molar-refractivity contribution in [3.63, 3.8) is 0 Å². The summed E-state index contributed by atoms with van der Waals surface area (Å²) in [4.78, 5) is 14.9. The molecule has 2 aromatic carbocycles. The van der Waals surface area contributed by atoms with Crippen LogP contribution in [0.1, 0.15) is 41.3 Å². The number of carbonyl (C=O) groups excluding carboxylic acids is 1. The molecule has 36 heavy (non-hydrogen) atoms. The van der Waals surface area contributed by atoms with Crippen molar-refractivity contribution in [1.82, 2.24) is 15.5 Å². The molecular weight excluding hydrogens is 519 g/mol. The third kappa shape index (κ3) is 7.58. The molecule has 0 saturated carbocycles. The van der Waals surface area contributed by atoms with Crippen molar-refractivity contribution in [2.45, 2.75) is 50.2 Å². The lowest BCUT2D eigenvalue weighted by molar-refractivity contribution is -0.275. The molecule has 1 aliphatic heterocycles. The quantitative estimate of drug-likeness (QED) is 0.490. The molecule has 0 aromatic heterocycles. The number of hydrogen-bond donors (Lipinski definition) is 2. The Morgan fingerprint density at radius 2 is 1.94 bits per heavy atom. The summed E-state index contributed by atoms with van der Waals surface area (Å²) in [6.07, 6.45) is -3.02. The number of ether oxygens (including phenoxy) is 1. The largest absolute Gasteiger partial charge is 0.573 e. The molecule has 7 nitrogen and oxygen atoms in total. The zero-order valence-corrected chi connectivity index (χ0v) is 21.6. The number of nitrogens with zero attached hydrogens (tertiary/aromatic N) is 1. The van der Waals surface area contributed by atoms with E-state index in [2.05, 4.69) is 15.4 Å². The molecule has 0 bridgehead atoms. The van der Waals surface area contributed by atoms with Gasteiger partial charge in [-0.1, -0.05) is 24.6 Å². The van der Waals surface area contributed by atoms with Gasteiger partial charge in [0.25, 0.3) is 5.91 Å². The predicted octanol–water partition coefficient (Wildman–Crippen LogP) is 4.15. The van der Waals surface area contributed by atoms with Crippen LogP contribution in [0.2, 0.25) is 5.02 Å². The number of amides is 1. The lowest BCUT2D eigenvalue weighted by Crippen LogP contribution is -2.43. The number of rotatable bonds is 9. The van der Waals surface area contributed by atoms with Crippen LogP contribution in [0.5, 0.6) is 5.75 Å². The molecule has 0 aliphatic carbocycles. The summed E-state index contributed by atoms with van der Waals surface area (Å²) >= 11 is 6.00. The van der Waals surface area contributed by atoms with Gasteiger partial charge in [-0.15, -0.1) is 13.2 Å². The SMILES string of the molecule is CCS(=O)(=O)c1ccc(Cl)cc1CNC(=O)c1ccc(CN2CCC[C@H](NC)C2)c(OC(F)(F)F)c1. The maximum Gasteiger partial charge on any atom is 0.573 e. The van der Waals surface area contributed by atoms with Crippen molar-refractivity contribution in [1.29, 1.82) is 0 Å². The van der Waals surface area contributed by atoms with Gasteiger partial charge in [-0.2, -0.15) is 0 Å². The topological polar surface area (TPSA) is 87.7 Å². The Morgan fingerprint density at radius 3 is 2.61 bits per heavy atom. The van der Waals surface area contributed by atoms with E-state index >= 15 is 0 Å². The van der Waals surface area contributed by atoms with Crippen molar-refractivity contribution in [3.8, 4) is 5.75 Å². The van der Waals surface area contributed by atoms with Crippen molar-refractivity contribution >= 4 is 27.3 Å². The number of benzene rings is 2. The fourth-order valence-electron chi connectivity index (χ4n) is 4.14. The maximum absolute atomic E-state index is 13.1. The number of likely N-dealkylation sites (tertiary alicyclic amines) is 1. The average molecular weight is 548 g/mol. The van der Waals surface area contributed by atoms with Crippen molar-refractivity contribution in [3.05, 3.63) is 58.1 Å². The minimum atomic E-state index is -4.93. The summed E-state index contributed by atoms with van der Waals surface area (Å²) in [5, 5.41) is 6.05. The highest BCUT2D eigenvalue weighted by molar-refractivity contribution is 7.91. The van der Waals surface area contributed by atoms with Crippen molar-refractivity contribution < 1.29 is 31.1 Å². The summed E-state index contributed by atoms with van der Waals surface area (Å²) in [7, 11) is -1.72. The molecule has 1 saturated heterocycles. The van der Waals surface area contributed by atoms with Crippen LogP contribution in [0.15, 0.2) is 41.3 Å². The first-order valence-corrected chi connectivity index (χ1v) is 13.5. The van der Waals surface area contributed by atoms with Gasteiger partial charge in [0.2, 0.25) is 0 Å². The fraction of sp³-hybridized carbons (Fsp3) is 0.458. The van der Waals surface area contributed by atoms with E-state index in [0.717, 1.165) is 25.5 Å². The van der Waals surface area contributed by atoms with Crippen molar-refractivity contribution in [2.75, 3.05) is 25.9 Å².